The number of carbonyl (C=O) groups is 2. The Balaban J connectivity index is 2.89. The van der Waals surface area contributed by atoms with Crippen LogP contribution in [-0.4, -0.2) is 17.0 Å². The van der Waals surface area contributed by atoms with Crippen molar-refractivity contribution in [3.8, 4) is 0 Å². The minimum absolute atomic E-state index is 0.00710. The molecule has 0 aromatic heterocycles. The SMILES string of the molecule is CC(C)(C)CCC(=O)NC(C)(C(=O)O)c1ccc(F)cc1. The Morgan fingerprint density at radius 3 is 2.10 bits per heavy atom. The lowest BCUT2D eigenvalue weighted by atomic mass is 9.89. The summed E-state index contributed by atoms with van der Waals surface area (Å²) in [5.41, 5.74) is -1.24. The van der Waals surface area contributed by atoms with Crippen molar-refractivity contribution in [2.45, 2.75) is 46.1 Å². The summed E-state index contributed by atoms with van der Waals surface area (Å²) in [4.78, 5) is 23.5. The quantitative estimate of drug-likeness (QED) is 0.877. The highest BCUT2D eigenvalue weighted by Crippen LogP contribution is 2.24. The Bertz CT molecular complexity index is 519. The molecule has 0 radical (unpaired) electrons. The molecule has 0 aliphatic heterocycles. The molecule has 5 heteroatoms. The maximum absolute atomic E-state index is 13.0. The number of rotatable bonds is 5. The Morgan fingerprint density at radius 2 is 1.67 bits per heavy atom. The summed E-state index contributed by atoms with van der Waals surface area (Å²) < 4.78 is 13.0. The molecule has 0 fully saturated rings. The van der Waals surface area contributed by atoms with Crippen molar-refractivity contribution in [2.75, 3.05) is 0 Å². The van der Waals surface area contributed by atoms with Crippen LogP contribution < -0.4 is 5.32 Å². The minimum Gasteiger partial charge on any atom is -0.479 e. The number of halogens is 1. The number of carbonyl (C=O) groups excluding carboxylic acids is 1. The number of carboxylic acid groups (broad SMARTS) is 1. The van der Waals surface area contributed by atoms with Crippen molar-refractivity contribution in [1.82, 2.24) is 5.32 Å². The fourth-order valence-corrected chi connectivity index (χ4v) is 1.86. The number of nitrogens with one attached hydrogen (secondary N) is 1. The first-order valence-corrected chi connectivity index (χ1v) is 6.85. The van der Waals surface area contributed by atoms with Crippen molar-refractivity contribution in [3.63, 3.8) is 0 Å². The normalized spacial score (nSPS) is 14.3. The number of hydrogen-bond acceptors (Lipinski definition) is 2. The highest BCUT2D eigenvalue weighted by molar-refractivity contribution is 5.87. The summed E-state index contributed by atoms with van der Waals surface area (Å²) in [6.45, 7) is 7.43. The molecule has 0 bridgehead atoms. The fraction of sp³-hybridized carbons (Fsp3) is 0.500. The minimum atomic E-state index is -1.57. The highest BCUT2D eigenvalue weighted by Gasteiger charge is 2.36. The average Bonchev–Trinajstić information content (AvgIpc) is 2.36. The lowest BCUT2D eigenvalue weighted by Crippen LogP contribution is -2.49. The van der Waals surface area contributed by atoms with E-state index >= 15 is 0 Å². The molecule has 4 nitrogen and oxygen atoms in total. The molecular weight excluding hydrogens is 273 g/mol. The van der Waals surface area contributed by atoms with Crippen molar-refractivity contribution >= 4 is 11.9 Å². The Hall–Kier alpha value is -1.91. The largest absolute Gasteiger partial charge is 0.479 e. The second kappa shape index (κ2) is 6.24. The summed E-state index contributed by atoms with van der Waals surface area (Å²) in [7, 11) is 0. The topological polar surface area (TPSA) is 66.4 Å². The van der Waals surface area contributed by atoms with E-state index in [4.69, 9.17) is 0 Å². The molecule has 0 spiro atoms. The predicted octanol–water partition coefficient (Wildman–Crippen LogP) is 3.07. The number of hydrogen-bond donors (Lipinski definition) is 2. The first kappa shape index (κ1) is 17.1. The summed E-state index contributed by atoms with van der Waals surface area (Å²) in [5, 5.41) is 12.0. The van der Waals surface area contributed by atoms with Gasteiger partial charge in [-0.2, -0.15) is 0 Å². The van der Waals surface area contributed by atoms with Crippen LogP contribution in [0.1, 0.15) is 46.1 Å². The van der Waals surface area contributed by atoms with Gasteiger partial charge in [0.2, 0.25) is 5.91 Å². The molecule has 1 unspecified atom stereocenters. The highest BCUT2D eigenvalue weighted by atomic mass is 19.1. The molecule has 1 atom stereocenters. The van der Waals surface area contributed by atoms with E-state index in [0.29, 0.717) is 12.0 Å². The zero-order valence-corrected chi connectivity index (χ0v) is 12.9. The second-order valence-electron chi connectivity index (χ2n) is 6.55. The van der Waals surface area contributed by atoms with Gasteiger partial charge in [0, 0.05) is 6.42 Å². The van der Waals surface area contributed by atoms with Gasteiger partial charge in [0.25, 0.3) is 0 Å². The fourth-order valence-electron chi connectivity index (χ4n) is 1.86. The van der Waals surface area contributed by atoms with Crippen molar-refractivity contribution in [2.24, 2.45) is 5.41 Å². The molecule has 1 amide bonds. The van der Waals surface area contributed by atoms with Gasteiger partial charge in [-0.3, -0.25) is 4.79 Å². The Labute approximate surface area is 124 Å². The molecule has 0 aliphatic rings. The van der Waals surface area contributed by atoms with Crippen LogP contribution in [-0.2, 0) is 15.1 Å². The molecule has 1 aromatic rings. The molecular formula is C16H22FNO3. The van der Waals surface area contributed by atoms with E-state index in [2.05, 4.69) is 5.32 Å². The number of benzene rings is 1. The Morgan fingerprint density at radius 1 is 1.14 bits per heavy atom. The van der Waals surface area contributed by atoms with E-state index in [1.54, 1.807) is 0 Å². The van der Waals surface area contributed by atoms with E-state index in [0.717, 1.165) is 0 Å². The van der Waals surface area contributed by atoms with Gasteiger partial charge < -0.3 is 10.4 Å². The van der Waals surface area contributed by atoms with Gasteiger partial charge in [-0.1, -0.05) is 32.9 Å². The van der Waals surface area contributed by atoms with Gasteiger partial charge in [0.1, 0.15) is 5.82 Å². The second-order valence-corrected chi connectivity index (χ2v) is 6.55. The summed E-state index contributed by atoms with van der Waals surface area (Å²) in [6, 6.07) is 5.09. The van der Waals surface area contributed by atoms with Crippen molar-refractivity contribution in [3.05, 3.63) is 35.6 Å². The van der Waals surface area contributed by atoms with E-state index in [1.165, 1.54) is 31.2 Å². The average molecular weight is 295 g/mol. The molecule has 0 heterocycles. The summed E-state index contributed by atoms with van der Waals surface area (Å²) >= 11 is 0. The van der Waals surface area contributed by atoms with Crippen LogP contribution in [0, 0.1) is 11.2 Å². The standard InChI is InChI=1S/C16H22FNO3/c1-15(2,3)10-9-13(19)18-16(4,14(20)21)11-5-7-12(17)8-6-11/h5-8H,9-10H2,1-4H3,(H,18,19)(H,20,21). The number of amides is 1. The molecule has 21 heavy (non-hydrogen) atoms. The lowest BCUT2D eigenvalue weighted by Gasteiger charge is -2.27. The molecule has 0 saturated carbocycles. The van der Waals surface area contributed by atoms with Gasteiger partial charge in [-0.25, -0.2) is 9.18 Å². The molecule has 0 saturated heterocycles. The van der Waals surface area contributed by atoms with E-state index < -0.39 is 17.3 Å². The van der Waals surface area contributed by atoms with Crippen molar-refractivity contribution in [1.29, 1.82) is 0 Å². The van der Waals surface area contributed by atoms with E-state index in [9.17, 15) is 19.1 Å². The Kier molecular flexibility index (Phi) is 5.10. The summed E-state index contributed by atoms with van der Waals surface area (Å²) in [6.07, 6.45) is 0.894. The van der Waals surface area contributed by atoms with E-state index in [1.807, 2.05) is 20.8 Å². The summed E-state index contributed by atoms with van der Waals surface area (Å²) in [5.74, 6) is -1.97. The molecule has 2 N–H and O–H groups in total. The third-order valence-electron chi connectivity index (χ3n) is 3.34. The zero-order chi connectivity index (χ0) is 16.3. The molecule has 0 aliphatic carbocycles. The maximum atomic E-state index is 13.0. The monoisotopic (exact) mass is 295 g/mol. The number of carboxylic acids is 1. The molecule has 116 valence electrons. The van der Waals surface area contributed by atoms with Gasteiger partial charge in [0.05, 0.1) is 0 Å². The van der Waals surface area contributed by atoms with Gasteiger partial charge in [-0.05, 0) is 36.5 Å². The molecule has 1 aromatic carbocycles. The smallest absolute Gasteiger partial charge is 0.333 e. The number of aliphatic carboxylic acids is 1. The third kappa shape index (κ3) is 4.85. The molecule has 1 rings (SSSR count). The van der Waals surface area contributed by atoms with Crippen LogP contribution in [0.3, 0.4) is 0 Å². The first-order chi connectivity index (χ1) is 9.54. The van der Waals surface area contributed by atoms with Crippen LogP contribution in [0.2, 0.25) is 0 Å². The van der Waals surface area contributed by atoms with Gasteiger partial charge in [-0.15, -0.1) is 0 Å². The third-order valence-corrected chi connectivity index (χ3v) is 3.34. The maximum Gasteiger partial charge on any atom is 0.333 e. The lowest BCUT2D eigenvalue weighted by molar-refractivity contribution is -0.147. The van der Waals surface area contributed by atoms with Crippen LogP contribution in [0.15, 0.2) is 24.3 Å². The van der Waals surface area contributed by atoms with Gasteiger partial charge >= 0.3 is 5.97 Å². The van der Waals surface area contributed by atoms with Gasteiger partial charge in [0.15, 0.2) is 5.54 Å². The van der Waals surface area contributed by atoms with Crippen LogP contribution in [0.5, 0.6) is 0 Å². The zero-order valence-electron chi connectivity index (χ0n) is 12.9. The van der Waals surface area contributed by atoms with E-state index in [-0.39, 0.29) is 17.7 Å². The van der Waals surface area contributed by atoms with Crippen molar-refractivity contribution < 1.29 is 19.1 Å². The van der Waals surface area contributed by atoms with Crippen LogP contribution in [0.4, 0.5) is 4.39 Å². The predicted molar refractivity (Wildman–Crippen MR) is 78.2 cm³/mol. The first-order valence-electron chi connectivity index (χ1n) is 6.85. The van der Waals surface area contributed by atoms with Crippen LogP contribution >= 0.6 is 0 Å². The van der Waals surface area contributed by atoms with Crippen LogP contribution in [0.25, 0.3) is 0 Å².